The summed E-state index contributed by atoms with van der Waals surface area (Å²) in [4.78, 5) is 11.2. The van der Waals surface area contributed by atoms with Crippen molar-refractivity contribution in [1.29, 1.82) is 0 Å². The number of ether oxygens (including phenoxy) is 1. The molecule has 0 unspecified atom stereocenters. The molecule has 0 amide bonds. The second kappa shape index (κ2) is 4.30. The summed E-state index contributed by atoms with van der Waals surface area (Å²) in [5, 5.41) is 0. The molecule has 1 aromatic carbocycles. The molecule has 4 heteroatoms. The van der Waals surface area contributed by atoms with E-state index in [4.69, 9.17) is 5.73 Å². The summed E-state index contributed by atoms with van der Waals surface area (Å²) in [5.41, 5.74) is 6.56. The van der Waals surface area contributed by atoms with Gasteiger partial charge in [0.1, 0.15) is 0 Å². The Balaban J connectivity index is 3.11. The topological polar surface area (TPSA) is 52.3 Å². The zero-order valence-electron chi connectivity index (χ0n) is 7.53. The van der Waals surface area contributed by atoms with Gasteiger partial charge in [-0.05, 0) is 0 Å². The molecule has 0 radical (unpaired) electrons. The number of methoxy groups -OCH3 is 1. The molecule has 0 aromatic heterocycles. The van der Waals surface area contributed by atoms with Crippen LogP contribution in [0.4, 0.5) is 5.69 Å². The van der Waals surface area contributed by atoms with E-state index in [1.807, 2.05) is 6.07 Å². The van der Waals surface area contributed by atoms with E-state index in [-0.39, 0.29) is 5.97 Å². The summed E-state index contributed by atoms with van der Waals surface area (Å²) >= 11 is 0.371. The van der Waals surface area contributed by atoms with E-state index in [0.29, 0.717) is 26.2 Å². The summed E-state index contributed by atoms with van der Waals surface area (Å²) in [6, 6.07) is 5.47. The van der Waals surface area contributed by atoms with Gasteiger partial charge in [-0.3, -0.25) is 0 Å². The number of anilines is 1. The molecule has 0 fully saturated rings. The summed E-state index contributed by atoms with van der Waals surface area (Å²) in [6.07, 6.45) is 0. The number of hydrogen-bond acceptors (Lipinski definition) is 3. The van der Waals surface area contributed by atoms with Crippen molar-refractivity contribution in [2.75, 3.05) is 12.8 Å². The number of rotatable bonds is 2. The van der Waals surface area contributed by atoms with Gasteiger partial charge in [-0.15, -0.1) is 0 Å². The molecule has 3 nitrogen and oxygen atoms in total. The Bertz CT molecular complexity index is 325. The van der Waals surface area contributed by atoms with E-state index >= 15 is 0 Å². The van der Waals surface area contributed by atoms with Gasteiger partial charge in [-0.1, -0.05) is 0 Å². The number of carbonyl (C=O) groups is 1. The first-order valence-corrected chi connectivity index (χ1v) is 6.28. The Morgan fingerprint density at radius 2 is 2.23 bits per heavy atom. The van der Waals surface area contributed by atoms with Gasteiger partial charge < -0.3 is 0 Å². The Morgan fingerprint density at radius 1 is 1.54 bits per heavy atom. The average molecular weight is 244 g/mol. The molecule has 0 bridgehead atoms. The minimum absolute atomic E-state index is 0.371. The number of esters is 1. The fourth-order valence-corrected chi connectivity index (χ4v) is 1.87. The first-order chi connectivity index (χ1) is 6.19. The predicted octanol–water partition coefficient (Wildman–Crippen LogP) is 0.433. The normalized spacial score (nSPS) is 9.69. The second-order valence-electron chi connectivity index (χ2n) is 2.44. The van der Waals surface area contributed by atoms with Crippen LogP contribution in [0, 0.1) is 0 Å². The molecule has 0 aliphatic heterocycles. The number of benzene rings is 1. The molecule has 0 saturated heterocycles. The number of hydrogen-bond donors (Lipinski definition) is 1. The van der Waals surface area contributed by atoms with Gasteiger partial charge in [0.2, 0.25) is 0 Å². The average Bonchev–Trinajstić information content (AvgIpc) is 2.17. The van der Waals surface area contributed by atoms with Crippen molar-refractivity contribution in [3.05, 3.63) is 23.8 Å². The van der Waals surface area contributed by atoms with Crippen LogP contribution in [0.25, 0.3) is 0 Å². The Labute approximate surface area is 83.4 Å². The molecule has 0 saturated carbocycles. The third-order valence-corrected chi connectivity index (χ3v) is 3.19. The van der Waals surface area contributed by atoms with Crippen molar-refractivity contribution in [2.24, 2.45) is 0 Å². The van der Waals surface area contributed by atoms with Crippen molar-refractivity contribution >= 4 is 31.1 Å². The SMILES string of the molecule is COC(=O)c1cc([Se]C)ccc1N. The van der Waals surface area contributed by atoms with Crippen LogP contribution in [0.5, 0.6) is 0 Å². The van der Waals surface area contributed by atoms with Gasteiger partial charge in [0.05, 0.1) is 0 Å². The Kier molecular flexibility index (Phi) is 3.34. The van der Waals surface area contributed by atoms with E-state index in [0.717, 1.165) is 4.46 Å². The molecule has 13 heavy (non-hydrogen) atoms. The number of nitrogen functional groups attached to an aromatic ring is 1. The minimum atomic E-state index is -0.372. The molecule has 0 spiro atoms. The Morgan fingerprint density at radius 3 is 2.77 bits per heavy atom. The molecule has 0 atom stereocenters. The van der Waals surface area contributed by atoms with E-state index in [1.165, 1.54) is 7.11 Å². The van der Waals surface area contributed by atoms with Crippen LogP contribution in [-0.2, 0) is 4.74 Å². The van der Waals surface area contributed by atoms with Crippen LogP contribution in [0.15, 0.2) is 18.2 Å². The predicted molar refractivity (Wildman–Crippen MR) is 53.4 cm³/mol. The molecule has 1 rings (SSSR count). The van der Waals surface area contributed by atoms with Crippen molar-refractivity contribution in [3.63, 3.8) is 0 Å². The zero-order chi connectivity index (χ0) is 9.84. The molecular formula is C9H11NO2Se. The van der Waals surface area contributed by atoms with Crippen LogP contribution < -0.4 is 10.2 Å². The van der Waals surface area contributed by atoms with Crippen LogP contribution in [0.2, 0.25) is 5.82 Å². The molecule has 0 heterocycles. The fraction of sp³-hybridized carbons (Fsp3) is 0.222. The maximum absolute atomic E-state index is 11.2. The first-order valence-electron chi connectivity index (χ1n) is 3.71. The number of carbonyl (C=O) groups excluding carboxylic acids is 1. The van der Waals surface area contributed by atoms with Crippen LogP contribution in [0.3, 0.4) is 0 Å². The zero-order valence-corrected chi connectivity index (χ0v) is 9.25. The van der Waals surface area contributed by atoms with Crippen LogP contribution in [-0.4, -0.2) is 28.0 Å². The molecule has 70 valence electrons. The van der Waals surface area contributed by atoms with Gasteiger partial charge in [-0.25, -0.2) is 0 Å². The maximum atomic E-state index is 11.2. The first kappa shape index (κ1) is 10.1. The molecule has 1 aromatic rings. The van der Waals surface area contributed by atoms with E-state index < -0.39 is 0 Å². The van der Waals surface area contributed by atoms with Crippen molar-refractivity contribution < 1.29 is 9.53 Å². The summed E-state index contributed by atoms with van der Waals surface area (Å²) < 4.78 is 5.75. The van der Waals surface area contributed by atoms with Crippen molar-refractivity contribution in [1.82, 2.24) is 0 Å². The standard InChI is InChI=1S/C9H11NO2Se/c1-12-9(11)7-5-6(13-2)3-4-8(7)10/h3-5H,10H2,1-2H3. The van der Waals surface area contributed by atoms with Gasteiger partial charge in [0, 0.05) is 0 Å². The summed E-state index contributed by atoms with van der Waals surface area (Å²) in [7, 11) is 1.35. The van der Waals surface area contributed by atoms with Gasteiger partial charge in [-0.2, -0.15) is 0 Å². The molecule has 0 aliphatic rings. The fourth-order valence-electron chi connectivity index (χ4n) is 0.949. The summed E-state index contributed by atoms with van der Waals surface area (Å²) in [5.74, 6) is 1.71. The van der Waals surface area contributed by atoms with E-state index in [2.05, 4.69) is 10.6 Å². The second-order valence-corrected chi connectivity index (χ2v) is 4.29. The van der Waals surface area contributed by atoms with Crippen LogP contribution in [0.1, 0.15) is 10.4 Å². The quantitative estimate of drug-likeness (QED) is 0.466. The molecule has 0 aliphatic carbocycles. The van der Waals surface area contributed by atoms with Gasteiger partial charge >= 0.3 is 83.0 Å². The third-order valence-electron chi connectivity index (χ3n) is 1.67. The van der Waals surface area contributed by atoms with E-state index in [1.54, 1.807) is 12.1 Å². The van der Waals surface area contributed by atoms with Crippen molar-refractivity contribution in [3.8, 4) is 0 Å². The Hall–Kier alpha value is -0.991. The van der Waals surface area contributed by atoms with Gasteiger partial charge in [0.25, 0.3) is 0 Å². The van der Waals surface area contributed by atoms with Crippen molar-refractivity contribution in [2.45, 2.75) is 5.82 Å². The summed E-state index contributed by atoms with van der Waals surface area (Å²) in [6.45, 7) is 0. The third kappa shape index (κ3) is 2.23. The van der Waals surface area contributed by atoms with Gasteiger partial charge in [0.15, 0.2) is 0 Å². The van der Waals surface area contributed by atoms with E-state index in [9.17, 15) is 4.79 Å². The van der Waals surface area contributed by atoms with Crippen LogP contribution >= 0.6 is 0 Å². The molecule has 2 N–H and O–H groups in total. The molecular weight excluding hydrogens is 233 g/mol. The number of nitrogens with two attached hydrogens (primary N) is 1. The monoisotopic (exact) mass is 245 g/mol.